The summed E-state index contributed by atoms with van der Waals surface area (Å²) in [6.45, 7) is 2.22. The lowest BCUT2D eigenvalue weighted by Crippen LogP contribution is -2.49. The number of alkyl halides is 1. The van der Waals surface area contributed by atoms with Crippen LogP contribution in [-0.4, -0.2) is 23.4 Å². The van der Waals surface area contributed by atoms with E-state index in [1.54, 1.807) is 0 Å². The van der Waals surface area contributed by atoms with Crippen LogP contribution >= 0.6 is 0 Å². The van der Waals surface area contributed by atoms with Gasteiger partial charge in [-0.2, -0.15) is 0 Å². The average molecular weight is 291 g/mol. The first-order valence-corrected chi connectivity index (χ1v) is 8.45. The van der Waals surface area contributed by atoms with Crippen molar-refractivity contribution < 1.29 is 9.50 Å². The molecule has 0 bridgehead atoms. The summed E-state index contributed by atoms with van der Waals surface area (Å²) in [6.07, 6.45) is 10.1. The maximum atomic E-state index is 14.2. The Morgan fingerprint density at radius 1 is 1.33 bits per heavy atom. The third-order valence-electron chi connectivity index (χ3n) is 7.09. The molecule has 0 aromatic heterocycles. The maximum absolute atomic E-state index is 14.2. The Morgan fingerprint density at radius 2 is 2.14 bits per heavy atom. The highest BCUT2D eigenvalue weighted by atomic mass is 19.1. The summed E-state index contributed by atoms with van der Waals surface area (Å²) in [5.41, 5.74) is 7.60. The van der Waals surface area contributed by atoms with Crippen molar-refractivity contribution in [3.05, 3.63) is 23.8 Å². The number of halogens is 1. The fraction of sp³-hybridized carbons (Fsp3) is 0.778. The van der Waals surface area contributed by atoms with Crippen molar-refractivity contribution in [3.63, 3.8) is 0 Å². The maximum Gasteiger partial charge on any atom is 0.116 e. The molecule has 0 aromatic carbocycles. The largest absolute Gasteiger partial charge is 0.389 e. The lowest BCUT2D eigenvalue weighted by atomic mass is 9.53. The third kappa shape index (κ3) is 1.90. The molecule has 0 amide bonds. The Kier molecular flexibility index (Phi) is 3.10. The van der Waals surface area contributed by atoms with E-state index in [1.807, 2.05) is 6.08 Å². The van der Waals surface area contributed by atoms with Crippen LogP contribution in [0, 0.1) is 29.1 Å². The summed E-state index contributed by atoms with van der Waals surface area (Å²) in [7, 11) is 0. The summed E-state index contributed by atoms with van der Waals surface area (Å²) < 4.78 is 14.2. The highest BCUT2D eigenvalue weighted by molar-refractivity contribution is 5.27. The number of hydrogen-bond acceptors (Lipinski definition) is 2. The van der Waals surface area contributed by atoms with Crippen molar-refractivity contribution >= 4 is 0 Å². The lowest BCUT2D eigenvalue weighted by Gasteiger charge is -2.52. The smallest absolute Gasteiger partial charge is 0.116 e. The van der Waals surface area contributed by atoms with E-state index in [-0.39, 0.29) is 17.6 Å². The van der Waals surface area contributed by atoms with Gasteiger partial charge in [-0.15, -0.1) is 0 Å². The van der Waals surface area contributed by atoms with Crippen molar-refractivity contribution in [2.75, 3.05) is 0 Å². The van der Waals surface area contributed by atoms with Gasteiger partial charge in [-0.05, 0) is 55.3 Å². The summed E-state index contributed by atoms with van der Waals surface area (Å²) in [6, 6.07) is -0.280. The molecule has 3 N–H and O–H groups in total. The third-order valence-corrected chi connectivity index (χ3v) is 7.09. The minimum atomic E-state index is -0.826. The van der Waals surface area contributed by atoms with Gasteiger partial charge >= 0.3 is 0 Å². The fourth-order valence-corrected chi connectivity index (χ4v) is 5.85. The Morgan fingerprint density at radius 3 is 2.95 bits per heavy atom. The Hall–Kier alpha value is -0.670. The Labute approximate surface area is 126 Å². The van der Waals surface area contributed by atoms with E-state index in [2.05, 4.69) is 19.1 Å². The number of fused-ring (bicyclic) bond motifs is 5. The van der Waals surface area contributed by atoms with Crippen LogP contribution in [0.3, 0.4) is 0 Å². The molecule has 116 valence electrons. The van der Waals surface area contributed by atoms with Crippen molar-refractivity contribution in [3.8, 4) is 0 Å². The molecule has 21 heavy (non-hydrogen) atoms. The van der Waals surface area contributed by atoms with Crippen LogP contribution in [0.25, 0.3) is 0 Å². The van der Waals surface area contributed by atoms with Crippen molar-refractivity contribution in [1.29, 1.82) is 0 Å². The second-order valence-corrected chi connectivity index (χ2v) is 7.95. The fourth-order valence-electron chi connectivity index (χ4n) is 5.85. The highest BCUT2D eigenvalue weighted by Gasteiger charge is 2.58. The first-order chi connectivity index (χ1) is 10.0. The average Bonchev–Trinajstić information content (AvgIpc) is 2.70. The second-order valence-electron chi connectivity index (χ2n) is 7.95. The van der Waals surface area contributed by atoms with Crippen molar-refractivity contribution in [2.24, 2.45) is 34.8 Å². The lowest BCUT2D eigenvalue weighted by molar-refractivity contribution is 0.0128. The van der Waals surface area contributed by atoms with Crippen LogP contribution in [-0.2, 0) is 0 Å². The summed E-state index contributed by atoms with van der Waals surface area (Å²) >= 11 is 0. The van der Waals surface area contributed by atoms with Crippen LogP contribution in [0.4, 0.5) is 4.39 Å². The van der Waals surface area contributed by atoms with Crippen LogP contribution in [0.5, 0.6) is 0 Å². The first kappa shape index (κ1) is 14.0. The quantitative estimate of drug-likeness (QED) is 0.674. The van der Waals surface area contributed by atoms with Crippen LogP contribution < -0.4 is 5.73 Å². The molecule has 2 fully saturated rings. The van der Waals surface area contributed by atoms with E-state index in [0.29, 0.717) is 30.1 Å². The molecule has 0 aliphatic heterocycles. The van der Waals surface area contributed by atoms with Gasteiger partial charge < -0.3 is 10.8 Å². The Balaban J connectivity index is 1.65. The van der Waals surface area contributed by atoms with E-state index < -0.39 is 6.17 Å². The molecule has 0 radical (unpaired) electrons. The van der Waals surface area contributed by atoms with Gasteiger partial charge in [0.25, 0.3) is 0 Å². The molecule has 0 heterocycles. The van der Waals surface area contributed by atoms with Gasteiger partial charge in [-0.3, -0.25) is 0 Å². The molecule has 4 rings (SSSR count). The molecule has 2 nitrogen and oxygen atoms in total. The molecule has 2 saturated carbocycles. The number of nitrogens with two attached hydrogens (primary N) is 1. The first-order valence-electron chi connectivity index (χ1n) is 8.45. The molecule has 4 aliphatic rings. The predicted molar refractivity (Wildman–Crippen MR) is 81.3 cm³/mol. The van der Waals surface area contributed by atoms with Crippen molar-refractivity contribution in [1.82, 2.24) is 0 Å². The highest BCUT2D eigenvalue weighted by Crippen LogP contribution is 2.60. The van der Waals surface area contributed by atoms with E-state index >= 15 is 0 Å². The normalized spacial score (nSPS) is 55.4. The standard InChI is InChI=1S/C18H26FNO/c1-18-7-6-13-12-5-3-11(21)8-10(12)2-4-14(13)15(18)9-16(19)17(18)20/h2-3,5,11-17,21H,4,6-9,20H2,1H3/t11-,12-,13+,14+,15-,16+,17-,18-/m0/s1. The number of hydrogen-bond donors (Lipinski definition) is 2. The van der Waals surface area contributed by atoms with Crippen LogP contribution in [0.2, 0.25) is 0 Å². The number of allylic oxidation sites excluding steroid dienone is 2. The van der Waals surface area contributed by atoms with E-state index in [0.717, 1.165) is 25.7 Å². The van der Waals surface area contributed by atoms with Gasteiger partial charge in [0.15, 0.2) is 0 Å². The molecule has 3 heteroatoms. The molecule has 4 aliphatic carbocycles. The van der Waals surface area contributed by atoms with E-state index in [1.165, 1.54) is 5.57 Å². The van der Waals surface area contributed by atoms with Gasteiger partial charge in [0.05, 0.1) is 6.10 Å². The number of rotatable bonds is 0. The molecular formula is C18H26FNO. The van der Waals surface area contributed by atoms with Gasteiger partial charge in [0.1, 0.15) is 6.17 Å². The minimum absolute atomic E-state index is 0.0101. The second kappa shape index (κ2) is 4.66. The molecule has 0 spiro atoms. The number of aliphatic hydroxyl groups is 1. The van der Waals surface area contributed by atoms with Gasteiger partial charge in [0, 0.05) is 12.0 Å². The monoisotopic (exact) mass is 291 g/mol. The molecule has 0 saturated heterocycles. The number of aliphatic hydroxyl groups excluding tert-OH is 1. The van der Waals surface area contributed by atoms with E-state index in [4.69, 9.17) is 5.73 Å². The zero-order valence-corrected chi connectivity index (χ0v) is 12.7. The zero-order chi connectivity index (χ0) is 14.8. The SMILES string of the molecule is C[C@]12CC[C@H]3[C@@H](CC=C4C[C@@H](O)C=C[C@@H]43)[C@@H]1C[C@@H](F)[C@@H]2N. The Bertz CT molecular complexity index is 501. The van der Waals surface area contributed by atoms with Crippen LogP contribution in [0.15, 0.2) is 23.8 Å². The topological polar surface area (TPSA) is 46.2 Å². The predicted octanol–water partition coefficient (Wildman–Crippen LogP) is 2.97. The van der Waals surface area contributed by atoms with Gasteiger partial charge in [-0.1, -0.05) is 30.7 Å². The molecular weight excluding hydrogens is 265 g/mol. The molecule has 0 aromatic rings. The molecule has 0 unspecified atom stereocenters. The van der Waals surface area contributed by atoms with Gasteiger partial charge in [0.2, 0.25) is 0 Å². The van der Waals surface area contributed by atoms with E-state index in [9.17, 15) is 9.50 Å². The summed E-state index contributed by atoms with van der Waals surface area (Å²) in [5.74, 6) is 2.11. The summed E-state index contributed by atoms with van der Waals surface area (Å²) in [5, 5.41) is 9.81. The zero-order valence-electron chi connectivity index (χ0n) is 12.7. The van der Waals surface area contributed by atoms with Gasteiger partial charge in [-0.25, -0.2) is 4.39 Å². The van der Waals surface area contributed by atoms with Crippen molar-refractivity contribution in [2.45, 2.75) is 57.3 Å². The minimum Gasteiger partial charge on any atom is -0.389 e. The molecule has 8 atom stereocenters. The summed E-state index contributed by atoms with van der Waals surface area (Å²) in [4.78, 5) is 0. The van der Waals surface area contributed by atoms with Crippen LogP contribution in [0.1, 0.15) is 39.0 Å².